The van der Waals surface area contributed by atoms with Gasteiger partial charge in [0.05, 0.1) is 5.88 Å². The van der Waals surface area contributed by atoms with Crippen LogP contribution in [0.1, 0.15) is 5.69 Å². The summed E-state index contributed by atoms with van der Waals surface area (Å²) in [6.07, 6.45) is 5.21. The highest BCUT2D eigenvalue weighted by Crippen LogP contribution is 2.19. The smallest absolute Gasteiger partial charge is 0.139 e. The lowest BCUT2D eigenvalue weighted by Crippen LogP contribution is -1.83. The van der Waals surface area contributed by atoms with E-state index in [4.69, 9.17) is 11.6 Å². The molecule has 2 aromatic heterocycles. The first-order valence-corrected chi connectivity index (χ1v) is 5.33. The maximum absolute atomic E-state index is 5.66. The van der Waals surface area contributed by atoms with Gasteiger partial charge in [0.2, 0.25) is 0 Å². The monoisotopic (exact) mass is 271 g/mol. The van der Waals surface area contributed by atoms with Crippen LogP contribution in [0.25, 0.3) is 11.4 Å². The van der Waals surface area contributed by atoms with E-state index in [0.717, 1.165) is 21.6 Å². The van der Waals surface area contributed by atoms with Crippen molar-refractivity contribution in [2.24, 2.45) is 0 Å². The predicted molar refractivity (Wildman–Crippen MR) is 59.1 cm³/mol. The van der Waals surface area contributed by atoms with Gasteiger partial charge >= 0.3 is 0 Å². The van der Waals surface area contributed by atoms with Crippen molar-refractivity contribution >= 4 is 27.5 Å². The predicted octanol–water partition coefficient (Wildman–Crippen LogP) is 2.97. The SMILES string of the molecule is ClCc1cnc(-c2cncc(Br)c2)[nH]1. The molecule has 0 atom stereocenters. The Bertz CT molecular complexity index is 441. The zero-order valence-electron chi connectivity index (χ0n) is 7.17. The third-order valence-corrected chi connectivity index (χ3v) is 2.47. The van der Waals surface area contributed by atoms with Crippen LogP contribution in [0.15, 0.2) is 29.1 Å². The number of aromatic nitrogens is 3. The van der Waals surface area contributed by atoms with Crippen LogP contribution in [0.2, 0.25) is 0 Å². The van der Waals surface area contributed by atoms with E-state index in [1.54, 1.807) is 18.6 Å². The standard InChI is InChI=1S/C9H7BrClN3/c10-7-1-6(3-12-4-7)9-13-5-8(2-11)14-9/h1,3-5H,2H2,(H,13,14). The summed E-state index contributed by atoms with van der Waals surface area (Å²) in [4.78, 5) is 11.4. The Labute approximate surface area is 94.7 Å². The molecule has 0 amide bonds. The van der Waals surface area contributed by atoms with Crippen LogP contribution in [-0.4, -0.2) is 15.0 Å². The first kappa shape index (κ1) is 9.68. The molecule has 0 aliphatic carbocycles. The summed E-state index contributed by atoms with van der Waals surface area (Å²) in [6, 6.07) is 1.95. The van der Waals surface area contributed by atoms with Gasteiger partial charge in [0, 0.05) is 34.3 Å². The van der Waals surface area contributed by atoms with Crippen LogP contribution in [-0.2, 0) is 5.88 Å². The number of pyridine rings is 1. The number of nitrogens with one attached hydrogen (secondary N) is 1. The summed E-state index contributed by atoms with van der Waals surface area (Å²) < 4.78 is 0.929. The first-order valence-electron chi connectivity index (χ1n) is 4.00. The third kappa shape index (κ3) is 1.96. The number of nitrogens with zero attached hydrogens (tertiary/aromatic N) is 2. The molecule has 0 saturated carbocycles. The van der Waals surface area contributed by atoms with Crippen LogP contribution in [0.5, 0.6) is 0 Å². The van der Waals surface area contributed by atoms with E-state index >= 15 is 0 Å². The van der Waals surface area contributed by atoms with Crippen LogP contribution in [0.4, 0.5) is 0 Å². The molecule has 0 fully saturated rings. The second-order valence-corrected chi connectivity index (χ2v) is 3.97. The van der Waals surface area contributed by atoms with Gasteiger partial charge in [-0.15, -0.1) is 11.6 Å². The number of hydrogen-bond donors (Lipinski definition) is 1. The number of imidazole rings is 1. The summed E-state index contributed by atoms with van der Waals surface area (Å²) in [5.41, 5.74) is 1.84. The molecule has 0 saturated heterocycles. The average Bonchev–Trinajstić information content (AvgIpc) is 2.66. The van der Waals surface area contributed by atoms with Crippen molar-refractivity contribution in [3.05, 3.63) is 34.8 Å². The molecule has 5 heteroatoms. The fourth-order valence-electron chi connectivity index (χ4n) is 1.12. The van der Waals surface area contributed by atoms with E-state index in [0.29, 0.717) is 5.88 Å². The summed E-state index contributed by atoms with van der Waals surface area (Å²) in [5, 5.41) is 0. The van der Waals surface area contributed by atoms with Gasteiger partial charge in [-0.25, -0.2) is 4.98 Å². The summed E-state index contributed by atoms with van der Waals surface area (Å²) >= 11 is 9.02. The first-order chi connectivity index (χ1) is 6.79. The normalized spacial score (nSPS) is 10.4. The number of H-pyrrole nitrogens is 1. The quantitative estimate of drug-likeness (QED) is 0.854. The van der Waals surface area contributed by atoms with E-state index in [9.17, 15) is 0 Å². The van der Waals surface area contributed by atoms with Crippen molar-refractivity contribution in [3.8, 4) is 11.4 Å². The zero-order valence-corrected chi connectivity index (χ0v) is 9.51. The number of rotatable bonds is 2. The van der Waals surface area contributed by atoms with Gasteiger partial charge in [-0.2, -0.15) is 0 Å². The van der Waals surface area contributed by atoms with E-state index in [2.05, 4.69) is 30.9 Å². The van der Waals surface area contributed by atoms with Gasteiger partial charge in [-0.1, -0.05) is 0 Å². The molecular formula is C9H7BrClN3. The van der Waals surface area contributed by atoms with Gasteiger partial charge in [-0.3, -0.25) is 4.98 Å². The zero-order chi connectivity index (χ0) is 9.97. The van der Waals surface area contributed by atoms with Crippen molar-refractivity contribution < 1.29 is 0 Å². The average molecular weight is 273 g/mol. The molecule has 0 unspecified atom stereocenters. The number of alkyl halides is 1. The molecule has 2 aromatic rings. The highest BCUT2D eigenvalue weighted by Gasteiger charge is 2.03. The van der Waals surface area contributed by atoms with E-state index in [-0.39, 0.29) is 0 Å². The third-order valence-electron chi connectivity index (χ3n) is 1.75. The van der Waals surface area contributed by atoms with Crippen molar-refractivity contribution in [1.29, 1.82) is 0 Å². The van der Waals surface area contributed by atoms with Crippen LogP contribution < -0.4 is 0 Å². The highest BCUT2D eigenvalue weighted by atomic mass is 79.9. The van der Waals surface area contributed by atoms with Crippen molar-refractivity contribution in [2.75, 3.05) is 0 Å². The molecule has 0 aliphatic rings. The lowest BCUT2D eigenvalue weighted by Gasteiger charge is -1.96. The Morgan fingerprint density at radius 1 is 1.36 bits per heavy atom. The molecule has 0 spiro atoms. The molecule has 2 heterocycles. The molecule has 1 N–H and O–H groups in total. The molecular weight excluding hydrogens is 265 g/mol. The molecule has 0 aromatic carbocycles. The molecule has 2 rings (SSSR count). The molecule has 0 bridgehead atoms. The minimum Gasteiger partial charge on any atom is -0.341 e. The molecule has 3 nitrogen and oxygen atoms in total. The maximum atomic E-state index is 5.66. The van der Waals surface area contributed by atoms with Crippen molar-refractivity contribution in [1.82, 2.24) is 15.0 Å². The minimum absolute atomic E-state index is 0.439. The lowest BCUT2D eigenvalue weighted by atomic mass is 10.3. The van der Waals surface area contributed by atoms with Gasteiger partial charge in [0.1, 0.15) is 5.82 Å². The Morgan fingerprint density at radius 2 is 2.21 bits per heavy atom. The molecule has 0 radical (unpaired) electrons. The largest absolute Gasteiger partial charge is 0.341 e. The van der Waals surface area contributed by atoms with Crippen LogP contribution in [0.3, 0.4) is 0 Å². The van der Waals surface area contributed by atoms with E-state index in [1.165, 1.54) is 0 Å². The van der Waals surface area contributed by atoms with Crippen molar-refractivity contribution in [2.45, 2.75) is 5.88 Å². The Kier molecular flexibility index (Phi) is 2.84. The second kappa shape index (κ2) is 4.11. The topological polar surface area (TPSA) is 41.6 Å². The van der Waals surface area contributed by atoms with E-state index < -0.39 is 0 Å². The van der Waals surface area contributed by atoms with Gasteiger partial charge < -0.3 is 4.98 Å². The number of halogens is 2. The summed E-state index contributed by atoms with van der Waals surface area (Å²) in [5.74, 6) is 1.23. The maximum Gasteiger partial charge on any atom is 0.139 e. The Morgan fingerprint density at radius 3 is 2.86 bits per heavy atom. The van der Waals surface area contributed by atoms with E-state index in [1.807, 2.05) is 6.07 Å². The van der Waals surface area contributed by atoms with Gasteiger partial charge in [0.15, 0.2) is 0 Å². The molecule has 14 heavy (non-hydrogen) atoms. The van der Waals surface area contributed by atoms with Gasteiger partial charge in [0.25, 0.3) is 0 Å². The highest BCUT2D eigenvalue weighted by molar-refractivity contribution is 9.10. The Hall–Kier alpha value is -0.870. The Balaban J connectivity index is 2.39. The number of aromatic amines is 1. The van der Waals surface area contributed by atoms with Crippen LogP contribution >= 0.6 is 27.5 Å². The molecule has 72 valence electrons. The fourth-order valence-corrected chi connectivity index (χ4v) is 1.62. The summed E-state index contributed by atoms with van der Waals surface area (Å²) in [6.45, 7) is 0. The molecule has 0 aliphatic heterocycles. The van der Waals surface area contributed by atoms with Crippen molar-refractivity contribution in [3.63, 3.8) is 0 Å². The lowest BCUT2D eigenvalue weighted by molar-refractivity contribution is 1.21. The fraction of sp³-hybridized carbons (Fsp3) is 0.111. The minimum atomic E-state index is 0.439. The summed E-state index contributed by atoms with van der Waals surface area (Å²) in [7, 11) is 0. The second-order valence-electron chi connectivity index (χ2n) is 2.78. The van der Waals surface area contributed by atoms with Gasteiger partial charge in [-0.05, 0) is 22.0 Å². The number of hydrogen-bond acceptors (Lipinski definition) is 2. The van der Waals surface area contributed by atoms with Crippen LogP contribution in [0, 0.1) is 0 Å².